The molecule has 3 aromatic rings. The lowest BCUT2D eigenvalue weighted by Crippen LogP contribution is -2.34. The minimum atomic E-state index is -0.366. The summed E-state index contributed by atoms with van der Waals surface area (Å²) in [6, 6.07) is 23.3. The van der Waals surface area contributed by atoms with Crippen molar-refractivity contribution in [2.24, 2.45) is 0 Å². The molecule has 0 aliphatic rings. The van der Waals surface area contributed by atoms with Gasteiger partial charge >= 0.3 is 0 Å². The number of nitrogens with zero attached hydrogens (tertiary/aromatic N) is 1. The number of para-hydroxylation sites is 2. The van der Waals surface area contributed by atoms with Gasteiger partial charge < -0.3 is 15.0 Å². The number of hydrogen-bond acceptors (Lipinski definition) is 4. The van der Waals surface area contributed by atoms with Crippen molar-refractivity contribution in [3.8, 4) is 5.75 Å². The molecular formula is C25H25N3O3S. The van der Waals surface area contributed by atoms with Crippen molar-refractivity contribution in [2.75, 3.05) is 17.3 Å². The number of benzene rings is 3. The van der Waals surface area contributed by atoms with E-state index in [-0.39, 0.29) is 23.0 Å². The van der Waals surface area contributed by atoms with Gasteiger partial charge in [-0.15, -0.1) is 0 Å². The van der Waals surface area contributed by atoms with Crippen molar-refractivity contribution in [1.29, 1.82) is 0 Å². The predicted octanol–water partition coefficient (Wildman–Crippen LogP) is 4.88. The number of nitrogens with one attached hydrogen (secondary N) is 2. The maximum Gasteiger partial charge on any atom is 0.261 e. The van der Waals surface area contributed by atoms with E-state index in [2.05, 4.69) is 10.6 Å². The minimum absolute atomic E-state index is 0.0591. The smallest absolute Gasteiger partial charge is 0.261 e. The lowest BCUT2D eigenvalue weighted by atomic mass is 10.1. The minimum Gasteiger partial charge on any atom is -0.490 e. The Bertz CT molecular complexity index is 1100. The van der Waals surface area contributed by atoms with Gasteiger partial charge in [0.05, 0.1) is 11.7 Å². The summed E-state index contributed by atoms with van der Waals surface area (Å²) in [4.78, 5) is 26.9. The molecule has 0 saturated carbocycles. The molecule has 2 amide bonds. The fourth-order valence-electron chi connectivity index (χ4n) is 3.00. The summed E-state index contributed by atoms with van der Waals surface area (Å²) in [5.41, 5.74) is 2.40. The van der Waals surface area contributed by atoms with Crippen LogP contribution in [0.1, 0.15) is 34.6 Å². The van der Waals surface area contributed by atoms with Crippen molar-refractivity contribution in [1.82, 2.24) is 5.32 Å². The first-order chi connectivity index (χ1) is 15.3. The molecule has 0 aromatic heterocycles. The van der Waals surface area contributed by atoms with Gasteiger partial charge in [-0.3, -0.25) is 14.9 Å². The molecule has 0 saturated heterocycles. The average Bonchev–Trinajstić information content (AvgIpc) is 2.79. The fourth-order valence-corrected chi connectivity index (χ4v) is 3.21. The quantitative estimate of drug-likeness (QED) is 0.527. The van der Waals surface area contributed by atoms with Crippen LogP contribution in [0.5, 0.6) is 5.75 Å². The highest BCUT2D eigenvalue weighted by molar-refractivity contribution is 7.80. The number of amides is 2. The van der Waals surface area contributed by atoms with E-state index in [1.807, 2.05) is 50.2 Å². The summed E-state index contributed by atoms with van der Waals surface area (Å²) in [7, 11) is 1.73. The van der Waals surface area contributed by atoms with Gasteiger partial charge in [0.15, 0.2) is 5.11 Å². The van der Waals surface area contributed by atoms with Crippen molar-refractivity contribution >= 4 is 40.5 Å². The van der Waals surface area contributed by atoms with Crippen LogP contribution in [0.4, 0.5) is 11.4 Å². The van der Waals surface area contributed by atoms with E-state index >= 15 is 0 Å². The highest BCUT2D eigenvalue weighted by Gasteiger charge is 2.15. The summed E-state index contributed by atoms with van der Waals surface area (Å²) < 4.78 is 5.69. The van der Waals surface area contributed by atoms with Crippen molar-refractivity contribution in [3.63, 3.8) is 0 Å². The summed E-state index contributed by atoms with van der Waals surface area (Å²) in [5, 5.41) is 5.77. The van der Waals surface area contributed by atoms with Crippen LogP contribution < -0.4 is 20.3 Å². The SMILES string of the molecule is CC(C)Oc1ccccc1C(=O)NC(=S)Nc1ccc(C(=O)N(C)c2ccccc2)cc1. The van der Waals surface area contributed by atoms with Gasteiger partial charge in [-0.25, -0.2) is 0 Å². The topological polar surface area (TPSA) is 70.7 Å². The molecule has 3 rings (SSSR count). The van der Waals surface area contributed by atoms with E-state index in [9.17, 15) is 9.59 Å². The highest BCUT2D eigenvalue weighted by Crippen LogP contribution is 2.20. The van der Waals surface area contributed by atoms with Gasteiger partial charge in [0.2, 0.25) is 0 Å². The Kier molecular flexibility index (Phi) is 7.57. The summed E-state index contributed by atoms with van der Waals surface area (Å²) in [5.74, 6) is 0.00336. The lowest BCUT2D eigenvalue weighted by molar-refractivity contribution is 0.0969. The van der Waals surface area contributed by atoms with E-state index in [1.54, 1.807) is 54.4 Å². The number of carbonyl (C=O) groups is 2. The Morgan fingerprint density at radius 1 is 0.906 bits per heavy atom. The van der Waals surface area contributed by atoms with Crippen LogP contribution in [0.2, 0.25) is 0 Å². The molecule has 0 unspecified atom stereocenters. The molecule has 0 atom stereocenters. The zero-order valence-electron chi connectivity index (χ0n) is 18.2. The Morgan fingerprint density at radius 2 is 1.53 bits per heavy atom. The molecule has 0 aliphatic carbocycles. The molecule has 32 heavy (non-hydrogen) atoms. The lowest BCUT2D eigenvalue weighted by Gasteiger charge is -2.17. The number of ether oxygens (including phenoxy) is 1. The Hall–Kier alpha value is -3.71. The number of carbonyl (C=O) groups excluding carboxylic acids is 2. The zero-order valence-corrected chi connectivity index (χ0v) is 19.0. The van der Waals surface area contributed by atoms with Gasteiger partial charge in [0.1, 0.15) is 5.75 Å². The van der Waals surface area contributed by atoms with Gasteiger partial charge in [-0.1, -0.05) is 30.3 Å². The molecule has 7 heteroatoms. The third-order valence-electron chi connectivity index (χ3n) is 4.56. The van der Waals surface area contributed by atoms with Crippen LogP contribution in [0.25, 0.3) is 0 Å². The van der Waals surface area contributed by atoms with Crippen LogP contribution in [0.3, 0.4) is 0 Å². The molecular weight excluding hydrogens is 422 g/mol. The number of thiocarbonyl (C=S) groups is 1. The third-order valence-corrected chi connectivity index (χ3v) is 4.76. The maximum absolute atomic E-state index is 12.7. The van der Waals surface area contributed by atoms with Crippen molar-refractivity contribution < 1.29 is 14.3 Å². The van der Waals surface area contributed by atoms with E-state index in [0.29, 0.717) is 22.6 Å². The molecule has 0 heterocycles. The third kappa shape index (κ3) is 5.92. The fraction of sp³-hybridized carbons (Fsp3) is 0.160. The number of rotatable bonds is 6. The van der Waals surface area contributed by atoms with E-state index in [1.165, 1.54) is 0 Å². The van der Waals surface area contributed by atoms with Gasteiger partial charge in [-0.2, -0.15) is 0 Å². The summed E-state index contributed by atoms with van der Waals surface area (Å²) >= 11 is 5.27. The van der Waals surface area contributed by atoms with Crippen molar-refractivity contribution in [2.45, 2.75) is 20.0 Å². The predicted molar refractivity (Wildman–Crippen MR) is 132 cm³/mol. The molecule has 0 bridgehead atoms. The molecule has 0 radical (unpaired) electrons. The molecule has 164 valence electrons. The van der Waals surface area contributed by atoms with E-state index in [4.69, 9.17) is 17.0 Å². The molecule has 3 aromatic carbocycles. The molecule has 0 aliphatic heterocycles. The Morgan fingerprint density at radius 3 is 2.19 bits per heavy atom. The second-order valence-electron chi connectivity index (χ2n) is 7.35. The van der Waals surface area contributed by atoms with Gasteiger partial charge in [0, 0.05) is 24.0 Å². The van der Waals surface area contributed by atoms with Gasteiger partial charge in [-0.05, 0) is 74.6 Å². The van der Waals surface area contributed by atoms with Crippen molar-refractivity contribution in [3.05, 3.63) is 90.0 Å². The maximum atomic E-state index is 12.7. The molecule has 6 nitrogen and oxygen atoms in total. The number of hydrogen-bond donors (Lipinski definition) is 2. The average molecular weight is 448 g/mol. The Labute approximate surface area is 193 Å². The monoisotopic (exact) mass is 447 g/mol. The summed E-state index contributed by atoms with van der Waals surface area (Å²) in [6.07, 6.45) is -0.0591. The largest absolute Gasteiger partial charge is 0.490 e. The van der Waals surface area contributed by atoms with Gasteiger partial charge in [0.25, 0.3) is 11.8 Å². The Balaban J connectivity index is 1.62. The van der Waals surface area contributed by atoms with E-state index in [0.717, 1.165) is 5.69 Å². The van der Waals surface area contributed by atoms with Crippen LogP contribution in [-0.2, 0) is 0 Å². The second-order valence-corrected chi connectivity index (χ2v) is 7.76. The van der Waals surface area contributed by atoms with Crippen LogP contribution in [0.15, 0.2) is 78.9 Å². The first-order valence-corrected chi connectivity index (χ1v) is 10.6. The standard InChI is InChI=1S/C25H25N3O3S/c1-17(2)31-22-12-8-7-11-21(22)23(29)27-25(32)26-19-15-13-18(14-16-19)24(30)28(3)20-9-5-4-6-10-20/h4-17H,1-3H3,(H2,26,27,29,32). The summed E-state index contributed by atoms with van der Waals surface area (Å²) in [6.45, 7) is 3.79. The zero-order chi connectivity index (χ0) is 23.1. The van der Waals surface area contributed by atoms with Crippen LogP contribution in [-0.4, -0.2) is 30.1 Å². The molecule has 0 fully saturated rings. The molecule has 2 N–H and O–H groups in total. The molecule has 0 spiro atoms. The first-order valence-electron chi connectivity index (χ1n) is 10.2. The first kappa shape index (κ1) is 23.0. The van der Waals surface area contributed by atoms with Crippen LogP contribution in [0, 0.1) is 0 Å². The van der Waals surface area contributed by atoms with E-state index < -0.39 is 0 Å². The highest BCUT2D eigenvalue weighted by atomic mass is 32.1. The number of anilines is 2. The second kappa shape index (κ2) is 10.5. The normalized spacial score (nSPS) is 10.4. The van der Waals surface area contributed by atoms with Crippen LogP contribution >= 0.6 is 12.2 Å².